The van der Waals surface area contributed by atoms with Crippen molar-refractivity contribution in [2.75, 3.05) is 0 Å². The maximum Gasteiger partial charge on any atom is 0.144 e. The SMILES string of the molecule is CC(C)(C)[S+]([O-])/N=C/c1ccc(F)cc1. The molecule has 0 radical (unpaired) electrons. The smallest absolute Gasteiger partial charge is 0.144 e. The highest BCUT2D eigenvalue weighted by Gasteiger charge is 2.25. The normalized spacial score (nSPS) is 14.5. The maximum absolute atomic E-state index is 12.6. The number of halogens is 1. The van der Waals surface area contributed by atoms with E-state index >= 15 is 0 Å². The van der Waals surface area contributed by atoms with Gasteiger partial charge >= 0.3 is 0 Å². The second-order valence-electron chi connectivity index (χ2n) is 4.15. The summed E-state index contributed by atoms with van der Waals surface area (Å²) in [6, 6.07) is 5.89. The minimum absolute atomic E-state index is 0.288. The average molecular weight is 227 g/mol. The third kappa shape index (κ3) is 4.01. The van der Waals surface area contributed by atoms with Gasteiger partial charge in [-0.1, -0.05) is 16.5 Å². The molecule has 0 fully saturated rings. The Morgan fingerprint density at radius 3 is 2.27 bits per heavy atom. The molecule has 0 aliphatic carbocycles. The predicted octanol–water partition coefficient (Wildman–Crippen LogP) is 2.71. The molecule has 4 heteroatoms. The number of hydrogen-bond donors (Lipinski definition) is 0. The van der Waals surface area contributed by atoms with E-state index in [4.69, 9.17) is 0 Å². The molecule has 2 nitrogen and oxygen atoms in total. The van der Waals surface area contributed by atoms with Crippen molar-refractivity contribution in [1.82, 2.24) is 0 Å². The van der Waals surface area contributed by atoms with Crippen molar-refractivity contribution >= 4 is 17.6 Å². The molecule has 1 aromatic carbocycles. The summed E-state index contributed by atoms with van der Waals surface area (Å²) >= 11 is -1.27. The van der Waals surface area contributed by atoms with Crippen molar-refractivity contribution in [2.24, 2.45) is 4.40 Å². The van der Waals surface area contributed by atoms with E-state index in [1.54, 1.807) is 12.1 Å². The van der Waals surface area contributed by atoms with Crippen molar-refractivity contribution in [3.8, 4) is 0 Å². The lowest BCUT2D eigenvalue weighted by atomic mass is 10.2. The van der Waals surface area contributed by atoms with E-state index in [0.29, 0.717) is 0 Å². The zero-order chi connectivity index (χ0) is 11.5. The largest absolute Gasteiger partial charge is 0.591 e. The molecule has 0 heterocycles. The fourth-order valence-electron chi connectivity index (χ4n) is 0.816. The van der Waals surface area contributed by atoms with Gasteiger partial charge in [0.05, 0.1) is 6.21 Å². The van der Waals surface area contributed by atoms with Crippen LogP contribution in [0.5, 0.6) is 0 Å². The molecule has 0 amide bonds. The Hall–Kier alpha value is -0.870. The molecule has 0 aromatic heterocycles. The van der Waals surface area contributed by atoms with Crippen molar-refractivity contribution in [2.45, 2.75) is 25.5 Å². The highest BCUT2D eigenvalue weighted by atomic mass is 32.2. The Kier molecular flexibility index (Phi) is 3.88. The van der Waals surface area contributed by atoms with Gasteiger partial charge in [-0.3, -0.25) is 0 Å². The fourth-order valence-corrected chi connectivity index (χ4v) is 1.35. The molecule has 1 aromatic rings. The van der Waals surface area contributed by atoms with Crippen molar-refractivity contribution in [3.63, 3.8) is 0 Å². The minimum Gasteiger partial charge on any atom is -0.591 e. The summed E-state index contributed by atoms with van der Waals surface area (Å²) in [5.41, 5.74) is 0.744. The molecule has 0 aliphatic heterocycles. The van der Waals surface area contributed by atoms with Gasteiger partial charge in [0.25, 0.3) is 0 Å². The maximum atomic E-state index is 12.6. The van der Waals surface area contributed by atoms with Gasteiger partial charge in [0.1, 0.15) is 21.9 Å². The highest BCUT2D eigenvalue weighted by molar-refractivity contribution is 7.91. The number of hydrogen-bond acceptors (Lipinski definition) is 2. The van der Waals surface area contributed by atoms with Crippen LogP contribution in [0.3, 0.4) is 0 Å². The standard InChI is InChI=1S/C11H14FNOS/c1-11(2,3)15(14)13-8-9-4-6-10(12)7-5-9/h4-8H,1-3H3/b13-8+. The molecule has 1 rings (SSSR count). The lowest BCUT2D eigenvalue weighted by Crippen LogP contribution is -2.25. The third-order valence-corrected chi connectivity index (χ3v) is 3.04. The Labute approximate surface area is 92.5 Å². The van der Waals surface area contributed by atoms with Gasteiger partial charge in [0.2, 0.25) is 0 Å². The zero-order valence-corrected chi connectivity index (χ0v) is 9.84. The third-order valence-electron chi connectivity index (χ3n) is 1.69. The molecule has 0 aliphatic rings. The topological polar surface area (TPSA) is 35.4 Å². The first kappa shape index (κ1) is 12.2. The van der Waals surface area contributed by atoms with Gasteiger partial charge in [-0.2, -0.15) is 0 Å². The molecular formula is C11H14FNOS. The first-order valence-corrected chi connectivity index (χ1v) is 5.72. The second-order valence-corrected chi connectivity index (χ2v) is 6.08. The van der Waals surface area contributed by atoms with Crippen LogP contribution in [0.25, 0.3) is 0 Å². The average Bonchev–Trinajstić information content (AvgIpc) is 2.15. The molecule has 0 spiro atoms. The van der Waals surface area contributed by atoms with Crippen molar-refractivity contribution < 1.29 is 8.94 Å². The minimum atomic E-state index is -1.27. The van der Waals surface area contributed by atoms with E-state index in [2.05, 4.69) is 4.40 Å². The van der Waals surface area contributed by atoms with Gasteiger partial charge < -0.3 is 4.55 Å². The van der Waals surface area contributed by atoms with Crippen molar-refractivity contribution in [3.05, 3.63) is 35.6 Å². The van der Waals surface area contributed by atoms with Gasteiger partial charge in [0, 0.05) is 0 Å². The molecular weight excluding hydrogens is 213 g/mol. The Morgan fingerprint density at radius 2 is 1.80 bits per heavy atom. The molecule has 0 N–H and O–H groups in total. The quantitative estimate of drug-likeness (QED) is 0.565. The molecule has 82 valence electrons. The summed E-state index contributed by atoms with van der Waals surface area (Å²) < 4.78 is 27.7. The van der Waals surface area contributed by atoms with E-state index in [9.17, 15) is 8.94 Å². The van der Waals surface area contributed by atoms with Crippen molar-refractivity contribution in [1.29, 1.82) is 0 Å². The van der Waals surface area contributed by atoms with Crippen LogP contribution >= 0.6 is 0 Å². The first-order valence-electron chi connectivity index (χ1n) is 4.61. The fraction of sp³-hybridized carbons (Fsp3) is 0.364. The monoisotopic (exact) mass is 227 g/mol. The number of nitrogens with zero attached hydrogens (tertiary/aromatic N) is 1. The van der Waals surface area contributed by atoms with Gasteiger partial charge in [-0.05, 0) is 38.5 Å². The molecule has 1 atom stereocenters. The molecule has 0 saturated carbocycles. The van der Waals surface area contributed by atoms with Gasteiger partial charge in [-0.15, -0.1) is 0 Å². The van der Waals surface area contributed by atoms with Crippen LogP contribution in [0.4, 0.5) is 4.39 Å². The molecule has 1 unspecified atom stereocenters. The van der Waals surface area contributed by atoms with E-state index in [0.717, 1.165) is 5.56 Å². The van der Waals surface area contributed by atoms with E-state index in [1.165, 1.54) is 18.3 Å². The molecule has 0 bridgehead atoms. The highest BCUT2D eigenvalue weighted by Crippen LogP contribution is 2.16. The first-order chi connectivity index (χ1) is 6.89. The lowest BCUT2D eigenvalue weighted by Gasteiger charge is -2.17. The van der Waals surface area contributed by atoms with Gasteiger partial charge in [0.15, 0.2) is 0 Å². The van der Waals surface area contributed by atoms with Crippen LogP contribution in [0.2, 0.25) is 0 Å². The molecule has 0 saturated heterocycles. The summed E-state index contributed by atoms with van der Waals surface area (Å²) in [5.74, 6) is -0.288. The summed E-state index contributed by atoms with van der Waals surface area (Å²) in [5, 5.41) is 0. The van der Waals surface area contributed by atoms with Crippen LogP contribution in [0, 0.1) is 5.82 Å². The Morgan fingerprint density at radius 1 is 1.27 bits per heavy atom. The lowest BCUT2D eigenvalue weighted by molar-refractivity contribution is 0.562. The summed E-state index contributed by atoms with van der Waals surface area (Å²) in [6.45, 7) is 5.56. The predicted molar refractivity (Wildman–Crippen MR) is 61.9 cm³/mol. The second kappa shape index (κ2) is 4.77. The van der Waals surface area contributed by atoms with Gasteiger partial charge in [-0.25, -0.2) is 4.39 Å². The van der Waals surface area contributed by atoms with Crippen LogP contribution < -0.4 is 0 Å². The summed E-state index contributed by atoms with van der Waals surface area (Å²) in [6.07, 6.45) is 1.50. The van der Waals surface area contributed by atoms with E-state index < -0.39 is 11.4 Å². The number of rotatable bonds is 2. The molecule has 15 heavy (non-hydrogen) atoms. The number of benzene rings is 1. The summed E-state index contributed by atoms with van der Waals surface area (Å²) in [7, 11) is 0. The Bertz CT molecular complexity index is 343. The Balaban J connectivity index is 2.70. The van der Waals surface area contributed by atoms with Crippen LogP contribution in [-0.4, -0.2) is 15.5 Å². The van der Waals surface area contributed by atoms with E-state index in [-0.39, 0.29) is 10.6 Å². The zero-order valence-electron chi connectivity index (χ0n) is 9.03. The van der Waals surface area contributed by atoms with E-state index in [1.807, 2.05) is 20.8 Å². The van der Waals surface area contributed by atoms with Crippen LogP contribution in [0.15, 0.2) is 28.7 Å². The van der Waals surface area contributed by atoms with Crippen LogP contribution in [0.1, 0.15) is 26.3 Å². The van der Waals surface area contributed by atoms with Crippen LogP contribution in [-0.2, 0) is 11.4 Å². The summed E-state index contributed by atoms with van der Waals surface area (Å²) in [4.78, 5) is 0.